The molecule has 6 aromatic rings. The molecule has 0 unspecified atom stereocenters. The Hall–Kier alpha value is -6.54. The van der Waals surface area contributed by atoms with Crippen molar-refractivity contribution >= 4 is 11.6 Å². The summed E-state index contributed by atoms with van der Waals surface area (Å²) in [6.07, 6.45) is 2.45. The van der Waals surface area contributed by atoms with Gasteiger partial charge in [-0.25, -0.2) is 0 Å². The first-order valence-electron chi connectivity index (χ1n) is 30.5. The first-order chi connectivity index (χ1) is 39.3. The van der Waals surface area contributed by atoms with E-state index in [1.807, 2.05) is 0 Å². The molecule has 0 spiro atoms. The van der Waals surface area contributed by atoms with Crippen LogP contribution in [0, 0.1) is 5.92 Å². The van der Waals surface area contributed by atoms with Crippen LogP contribution in [0.1, 0.15) is 245 Å². The third kappa shape index (κ3) is 14.0. The van der Waals surface area contributed by atoms with Crippen molar-refractivity contribution in [3.8, 4) is 34.5 Å². The molecule has 0 saturated heterocycles. The lowest BCUT2D eigenvalue weighted by atomic mass is 9.71. The predicted octanol–water partition coefficient (Wildman–Crippen LogP) is 17.7. The summed E-state index contributed by atoms with van der Waals surface area (Å²) in [6, 6.07) is 27.4. The van der Waals surface area contributed by atoms with Crippen molar-refractivity contribution in [2.75, 3.05) is 42.7 Å². The van der Waals surface area contributed by atoms with Crippen LogP contribution in [0.5, 0.6) is 34.5 Å². The SMILES string of the molecule is COc1c2cc(C(C)(C)C)cc1Cc1cc(C(C)(C)C)cc(c1OC)Cc1cc(C(C)(C)C)cc(c1OC)C(C(C(C)=O)C(C)=O)c1cc(C(C)(C)C)cc(c1OC)Cc1cc(C(C)(C)C)cc(c1OC)Cc1cc(C(C)(C)C)cc(c1OC)C2. The molecule has 0 N–H and O–H groups in total. The second-order valence-corrected chi connectivity index (χ2v) is 30.4. The van der Waals surface area contributed by atoms with E-state index in [1.54, 1.807) is 56.5 Å². The van der Waals surface area contributed by atoms with Gasteiger partial charge in [-0.15, -0.1) is 0 Å². The van der Waals surface area contributed by atoms with E-state index >= 15 is 0 Å². The van der Waals surface area contributed by atoms with Crippen LogP contribution in [0.3, 0.4) is 0 Å². The van der Waals surface area contributed by atoms with Gasteiger partial charge in [-0.1, -0.05) is 197 Å². The molecule has 0 atom stereocenters. The maximum absolute atomic E-state index is 14.6. The summed E-state index contributed by atoms with van der Waals surface area (Å²) in [4.78, 5) is 29.2. The summed E-state index contributed by atoms with van der Waals surface area (Å²) >= 11 is 0. The maximum Gasteiger partial charge on any atom is 0.141 e. The van der Waals surface area contributed by atoms with Gasteiger partial charge in [0.2, 0.25) is 0 Å². The van der Waals surface area contributed by atoms with Gasteiger partial charge < -0.3 is 28.4 Å². The number of benzene rings is 6. The van der Waals surface area contributed by atoms with Crippen molar-refractivity contribution in [1.29, 1.82) is 0 Å². The molecule has 1 aliphatic carbocycles. The Morgan fingerprint density at radius 3 is 0.588 bits per heavy atom. The highest BCUT2D eigenvalue weighted by atomic mass is 16.5. The number of Topliss-reactive ketones (excluding diaryl/α,β-unsaturated/α-hetero) is 2. The number of hydrogen-bond donors (Lipinski definition) is 0. The van der Waals surface area contributed by atoms with Gasteiger partial charge in [0, 0.05) is 49.1 Å². The summed E-state index contributed by atoms with van der Waals surface area (Å²) in [7, 11) is 10.5. The molecule has 0 radical (unpaired) electrons. The largest absolute Gasteiger partial charge is 0.496 e. The number of ether oxygens (including phenoxy) is 6. The van der Waals surface area contributed by atoms with Gasteiger partial charge in [0.05, 0.1) is 48.6 Å². The highest BCUT2D eigenvalue weighted by Gasteiger charge is 2.40. The molecule has 0 aromatic heterocycles. The summed E-state index contributed by atoms with van der Waals surface area (Å²) in [5, 5.41) is 0. The lowest BCUT2D eigenvalue weighted by molar-refractivity contribution is -0.130. The first-order valence-corrected chi connectivity index (χ1v) is 30.5. The van der Waals surface area contributed by atoms with Crippen LogP contribution in [-0.4, -0.2) is 54.2 Å². The van der Waals surface area contributed by atoms with Crippen molar-refractivity contribution < 1.29 is 38.0 Å². The average molecular weight is 1160 g/mol. The quantitative estimate of drug-likeness (QED) is 0.132. The zero-order chi connectivity index (χ0) is 63.4. The van der Waals surface area contributed by atoms with E-state index in [0.717, 1.165) is 112 Å². The number of ketones is 2. The highest BCUT2D eigenvalue weighted by molar-refractivity contribution is 6.02. The molecule has 1 aliphatic rings. The van der Waals surface area contributed by atoms with Gasteiger partial charge in [-0.3, -0.25) is 9.59 Å². The topological polar surface area (TPSA) is 89.5 Å². The first kappa shape index (κ1) is 66.0. The normalized spacial score (nSPS) is 13.9. The Kier molecular flexibility index (Phi) is 18.9. The minimum atomic E-state index is -1.09. The van der Waals surface area contributed by atoms with Crippen molar-refractivity contribution in [2.24, 2.45) is 5.92 Å². The van der Waals surface area contributed by atoms with Gasteiger partial charge in [0.1, 0.15) is 46.1 Å². The molecule has 8 heteroatoms. The molecule has 458 valence electrons. The van der Waals surface area contributed by atoms with Crippen LogP contribution in [0.15, 0.2) is 72.8 Å². The molecule has 0 saturated carbocycles. The van der Waals surface area contributed by atoms with E-state index in [4.69, 9.17) is 28.4 Å². The molecule has 0 amide bonds. The van der Waals surface area contributed by atoms with Gasteiger partial charge >= 0.3 is 0 Å². The molecule has 0 fully saturated rings. The van der Waals surface area contributed by atoms with Crippen LogP contribution in [0.4, 0.5) is 0 Å². The fraction of sp³-hybridized carbons (Fsp3) is 0.506. The fourth-order valence-corrected chi connectivity index (χ4v) is 12.7. The van der Waals surface area contributed by atoms with Crippen LogP contribution < -0.4 is 28.4 Å². The Balaban J connectivity index is 1.75. The number of carbonyl (C=O) groups excluding carboxylic acids is 2. The molecule has 0 aliphatic heterocycles. The summed E-state index contributed by atoms with van der Waals surface area (Å²) in [5.41, 5.74) is 16.8. The molecular formula is C77H102O8. The summed E-state index contributed by atoms with van der Waals surface area (Å²) in [5.74, 6) is 2.04. The predicted molar refractivity (Wildman–Crippen MR) is 351 cm³/mol. The van der Waals surface area contributed by atoms with E-state index in [1.165, 1.54) is 11.1 Å². The van der Waals surface area contributed by atoms with Gasteiger partial charge in [0.25, 0.3) is 0 Å². The standard InChI is InChI=1S/C77H102O8/c1-44(78)64(45(2)79)65-62-42-60(76(15,16)17)40-54(70(62)84-25)30-52-38-58(74(9,10)11)36-50(68(52)82-23)28-48-34-56(72(3,4)5)32-46(66(48)80-21)27-47-33-57(73(6,7)8)35-49(67(47)81-22)29-51-37-59(75(12,13)14)39-53(69(51)83-24)31-55-41-61(77(18,19)20)43-63(65)71(55)85-26/h32-43,64-65H,27-31H2,1-26H3. The van der Waals surface area contributed by atoms with Crippen LogP contribution >= 0.6 is 0 Å². The smallest absolute Gasteiger partial charge is 0.141 e. The van der Waals surface area contributed by atoms with Crippen molar-refractivity contribution in [3.63, 3.8) is 0 Å². The minimum absolute atomic E-state index is 0.206. The number of rotatable bonds is 9. The highest BCUT2D eigenvalue weighted by Crippen LogP contribution is 2.50. The summed E-state index contributed by atoms with van der Waals surface area (Å²) < 4.78 is 40.1. The van der Waals surface area contributed by atoms with E-state index in [0.29, 0.717) is 43.6 Å². The molecule has 0 heterocycles. The molecule has 6 aromatic carbocycles. The van der Waals surface area contributed by atoms with Gasteiger partial charge in [-0.05, 0) is 135 Å². The average Bonchev–Trinajstić information content (AvgIpc) is 2.19. The van der Waals surface area contributed by atoms with Crippen LogP contribution in [0.25, 0.3) is 0 Å². The Morgan fingerprint density at radius 1 is 0.294 bits per heavy atom. The maximum atomic E-state index is 14.6. The van der Waals surface area contributed by atoms with Crippen molar-refractivity contribution in [1.82, 2.24) is 0 Å². The third-order valence-electron chi connectivity index (χ3n) is 17.6. The lowest BCUT2D eigenvalue weighted by Crippen LogP contribution is -2.30. The van der Waals surface area contributed by atoms with E-state index in [-0.39, 0.29) is 44.1 Å². The third-order valence-corrected chi connectivity index (χ3v) is 17.6. The zero-order valence-corrected chi connectivity index (χ0v) is 56.9. The van der Waals surface area contributed by atoms with E-state index in [2.05, 4.69) is 197 Å². The Bertz CT molecular complexity index is 3260. The van der Waals surface area contributed by atoms with Crippen LogP contribution in [-0.2, 0) is 74.2 Å². The molecule has 85 heavy (non-hydrogen) atoms. The second kappa shape index (κ2) is 24.3. The Morgan fingerprint density at radius 2 is 0.447 bits per heavy atom. The van der Waals surface area contributed by atoms with Gasteiger partial charge in [-0.2, -0.15) is 0 Å². The van der Waals surface area contributed by atoms with Crippen molar-refractivity contribution in [3.05, 3.63) is 173 Å². The number of hydrogen-bond acceptors (Lipinski definition) is 8. The van der Waals surface area contributed by atoms with Gasteiger partial charge in [0.15, 0.2) is 0 Å². The number of fused-ring (bicyclic) bond motifs is 12. The van der Waals surface area contributed by atoms with Crippen LogP contribution in [0.2, 0.25) is 0 Å². The minimum Gasteiger partial charge on any atom is -0.496 e. The van der Waals surface area contributed by atoms with E-state index in [9.17, 15) is 9.59 Å². The molecule has 12 bridgehead atoms. The van der Waals surface area contributed by atoms with E-state index < -0.39 is 11.8 Å². The second-order valence-electron chi connectivity index (χ2n) is 30.4. The fourth-order valence-electron chi connectivity index (χ4n) is 12.7. The van der Waals surface area contributed by atoms with Crippen molar-refractivity contribution in [2.45, 2.75) is 209 Å². The number of methoxy groups -OCH3 is 6. The number of carbonyl (C=O) groups is 2. The summed E-state index contributed by atoms with van der Waals surface area (Å²) in [6.45, 7) is 43.5. The lowest BCUT2D eigenvalue weighted by Gasteiger charge is -2.33. The zero-order valence-electron chi connectivity index (χ0n) is 56.9. The Labute approximate surface area is 512 Å². The molecular weight excluding hydrogens is 1050 g/mol. The molecule has 8 nitrogen and oxygen atoms in total. The monoisotopic (exact) mass is 1150 g/mol. The molecule has 7 rings (SSSR count).